The maximum Gasteiger partial charge on any atom is 0.510 e. The van der Waals surface area contributed by atoms with Crippen molar-refractivity contribution in [2.45, 2.75) is 64.2 Å². The molecule has 0 amide bonds. The number of hydrogen-bond acceptors (Lipinski definition) is 18. The van der Waals surface area contributed by atoms with E-state index in [9.17, 15) is 43.2 Å². The summed E-state index contributed by atoms with van der Waals surface area (Å²) in [7, 11) is -10.3. The molecule has 0 bridgehead atoms. The third-order valence-electron chi connectivity index (χ3n) is 5.38. The van der Waals surface area contributed by atoms with Gasteiger partial charge in [0.1, 0.15) is 44.7 Å². The fourth-order valence-electron chi connectivity index (χ4n) is 2.66. The molecule has 0 saturated carbocycles. The first-order chi connectivity index (χ1) is 20.3. The predicted octanol–water partition coefficient (Wildman–Crippen LogP) is 0.0482. The fraction of sp³-hybridized carbons (Fsp3) is 0.818. The summed E-state index contributed by atoms with van der Waals surface area (Å²) in [5, 5.41) is 7.08. The van der Waals surface area contributed by atoms with Crippen LogP contribution in [0.25, 0.3) is 0 Å². The summed E-state index contributed by atoms with van der Waals surface area (Å²) >= 11 is 0. The number of carbonyl (C=O) groups excluding carboxylic acids is 4. The van der Waals surface area contributed by atoms with Gasteiger partial charge >= 0.3 is 39.4 Å². The molecule has 258 valence electrons. The van der Waals surface area contributed by atoms with E-state index in [2.05, 4.69) is 28.0 Å². The summed E-state index contributed by atoms with van der Waals surface area (Å²) in [6.07, 6.45) is -5.56. The first-order valence-corrected chi connectivity index (χ1v) is 16.4. The Morgan fingerprint density at radius 2 is 0.955 bits per heavy atom. The molecule has 0 radical (unpaired) electrons. The average molecular weight is 684 g/mol. The predicted molar refractivity (Wildman–Crippen MR) is 147 cm³/mol. The molecule has 0 aliphatic rings. The second-order valence-electron chi connectivity index (χ2n) is 9.61. The number of aliphatic hydroxyl groups excluding tert-OH is 1. The molecular formula is C22H43N3O17P2. The van der Waals surface area contributed by atoms with Gasteiger partial charge in [0.05, 0.1) is 0 Å². The molecule has 22 heteroatoms. The van der Waals surface area contributed by atoms with Crippen molar-refractivity contribution in [1.82, 2.24) is 0 Å². The molecule has 0 aromatic heterocycles. The minimum atomic E-state index is -5.16. The van der Waals surface area contributed by atoms with Crippen LogP contribution < -0.4 is 17.2 Å². The number of carbonyl (C=O) groups is 4. The summed E-state index contributed by atoms with van der Waals surface area (Å²) in [5.41, 5.74) is 16.4. The molecule has 44 heavy (non-hydrogen) atoms. The Bertz CT molecular complexity index is 940. The van der Waals surface area contributed by atoms with Gasteiger partial charge in [0.15, 0.2) is 5.40 Å². The van der Waals surface area contributed by atoms with Gasteiger partial charge in [-0.2, -0.15) is 0 Å². The number of esters is 2. The quantitative estimate of drug-likeness (QED) is 0.0306. The van der Waals surface area contributed by atoms with Gasteiger partial charge in [0, 0.05) is 0 Å². The second kappa shape index (κ2) is 20.6. The van der Waals surface area contributed by atoms with E-state index in [0.717, 1.165) is 0 Å². The minimum absolute atomic E-state index is 0.190. The van der Waals surface area contributed by atoms with Crippen LogP contribution in [0.2, 0.25) is 0 Å². The highest BCUT2D eigenvalue weighted by Crippen LogP contribution is 2.66. The second-order valence-corrected chi connectivity index (χ2v) is 14.0. The lowest BCUT2D eigenvalue weighted by molar-refractivity contribution is -0.148. The van der Waals surface area contributed by atoms with Crippen molar-refractivity contribution in [3.8, 4) is 0 Å². The highest BCUT2D eigenvalue weighted by atomic mass is 31.2. The van der Waals surface area contributed by atoms with Crippen LogP contribution in [0.3, 0.4) is 0 Å². The van der Waals surface area contributed by atoms with Gasteiger partial charge < -0.3 is 60.5 Å². The Hall–Kier alpha value is -2.38. The van der Waals surface area contributed by atoms with Crippen molar-refractivity contribution in [3.63, 3.8) is 0 Å². The monoisotopic (exact) mass is 683 g/mol. The van der Waals surface area contributed by atoms with Crippen LogP contribution in [-0.4, -0.2) is 103 Å². The molecule has 3 unspecified atom stereocenters. The van der Waals surface area contributed by atoms with Gasteiger partial charge in [0.2, 0.25) is 13.6 Å². The van der Waals surface area contributed by atoms with E-state index < -0.39 is 103 Å². The normalized spacial score (nSPS) is 16.9. The van der Waals surface area contributed by atoms with Crippen LogP contribution in [0.15, 0.2) is 0 Å². The number of hydrogen-bond donors (Lipinski definition) is 6. The Balaban J connectivity index is 4.80. The molecule has 0 heterocycles. The minimum Gasteiger partial charge on any atom is -0.461 e. The van der Waals surface area contributed by atoms with Crippen molar-refractivity contribution in [1.29, 1.82) is 0 Å². The smallest absolute Gasteiger partial charge is 0.461 e. The highest BCUT2D eigenvalue weighted by molar-refractivity contribution is 7.71. The zero-order valence-electron chi connectivity index (χ0n) is 24.8. The lowest BCUT2D eigenvalue weighted by atomic mass is 10.1. The molecule has 0 aromatic carbocycles. The highest BCUT2D eigenvalue weighted by Gasteiger charge is 2.47. The number of nitrogens with two attached hydrogens (primary N) is 3. The van der Waals surface area contributed by atoms with Gasteiger partial charge in [-0.25, -0.2) is 9.59 Å². The fourth-order valence-corrected chi connectivity index (χ4v) is 6.23. The Morgan fingerprint density at radius 3 is 1.27 bits per heavy atom. The van der Waals surface area contributed by atoms with Gasteiger partial charge in [-0.1, -0.05) is 27.7 Å². The standard InChI is InChI=1S/C22H43N3O17P2/c1-13(2)17(24)19(27)35-7-9-37-21(29)39-11-41-43(31,32)16(6-5-15(23)26)44(33,34)42-12-40-22(30)38-10-8-36-20(28)18(25)14(3)4/h13-18,26H,5-12,23-25H2,1-4H3,(H,31,32)(H,33,34)/t15?,17-,18-/m0/s1. The molecule has 5 atom stereocenters. The number of ether oxygens (including phenoxy) is 6. The summed E-state index contributed by atoms with van der Waals surface area (Å²) in [5.74, 6) is -1.83. The largest absolute Gasteiger partial charge is 0.510 e. The maximum absolute atomic E-state index is 12.7. The van der Waals surface area contributed by atoms with Gasteiger partial charge in [-0.05, 0) is 24.7 Å². The zero-order chi connectivity index (χ0) is 34.1. The molecule has 0 aliphatic carbocycles. The lowest BCUT2D eigenvalue weighted by Crippen LogP contribution is -2.37. The molecule has 0 fully saturated rings. The van der Waals surface area contributed by atoms with Crippen LogP contribution >= 0.6 is 15.2 Å². The van der Waals surface area contributed by atoms with Crippen LogP contribution in [-0.2, 0) is 56.2 Å². The molecule has 20 nitrogen and oxygen atoms in total. The van der Waals surface area contributed by atoms with Crippen LogP contribution in [0.5, 0.6) is 0 Å². The molecule has 0 aromatic rings. The van der Waals surface area contributed by atoms with Crippen molar-refractivity contribution >= 4 is 39.4 Å². The topological polar surface area (TPSA) is 315 Å². The van der Waals surface area contributed by atoms with E-state index >= 15 is 0 Å². The van der Waals surface area contributed by atoms with Crippen molar-refractivity contribution in [2.75, 3.05) is 40.0 Å². The summed E-state index contributed by atoms with van der Waals surface area (Å²) < 4.78 is 62.4. The van der Waals surface area contributed by atoms with Crippen LogP contribution in [0.4, 0.5) is 9.59 Å². The average Bonchev–Trinajstić information content (AvgIpc) is 2.91. The van der Waals surface area contributed by atoms with E-state index in [4.69, 9.17) is 26.7 Å². The molecule has 0 saturated heterocycles. The SMILES string of the molecule is CC(C)[C@H](N)C(=O)OCCOC(=O)OCOP(=O)(O)C(CCC(N)O)P(=O)(O)OCOC(=O)OCCOC(=O)[C@@H](N)C(C)C. The Labute approximate surface area is 253 Å². The van der Waals surface area contributed by atoms with Gasteiger partial charge in [-0.15, -0.1) is 0 Å². The van der Waals surface area contributed by atoms with Crippen LogP contribution in [0, 0.1) is 11.8 Å². The van der Waals surface area contributed by atoms with Crippen molar-refractivity contribution < 1.29 is 80.7 Å². The zero-order valence-corrected chi connectivity index (χ0v) is 26.6. The maximum atomic E-state index is 12.7. The summed E-state index contributed by atoms with van der Waals surface area (Å²) in [4.78, 5) is 67.2. The molecule has 0 aliphatic heterocycles. The van der Waals surface area contributed by atoms with Gasteiger partial charge in [0.25, 0.3) is 0 Å². The molecule has 0 rings (SSSR count). The first kappa shape index (κ1) is 41.6. The van der Waals surface area contributed by atoms with Crippen molar-refractivity contribution in [3.05, 3.63) is 0 Å². The number of rotatable bonds is 21. The first-order valence-electron chi connectivity index (χ1n) is 13.1. The van der Waals surface area contributed by atoms with E-state index in [1.54, 1.807) is 27.7 Å². The van der Waals surface area contributed by atoms with E-state index in [1.807, 2.05) is 0 Å². The van der Waals surface area contributed by atoms with E-state index in [0.29, 0.717) is 0 Å². The molecule has 9 N–H and O–H groups in total. The van der Waals surface area contributed by atoms with E-state index in [1.165, 1.54) is 0 Å². The van der Waals surface area contributed by atoms with Crippen molar-refractivity contribution in [2.24, 2.45) is 29.0 Å². The Morgan fingerprint density at radius 1 is 0.614 bits per heavy atom. The third-order valence-corrected chi connectivity index (χ3v) is 10.1. The van der Waals surface area contributed by atoms with Gasteiger partial charge in [-0.3, -0.25) is 27.8 Å². The molecule has 0 spiro atoms. The summed E-state index contributed by atoms with van der Waals surface area (Å²) in [6.45, 7) is 2.69. The molecular weight excluding hydrogens is 640 g/mol. The third kappa shape index (κ3) is 17.2. The van der Waals surface area contributed by atoms with E-state index in [-0.39, 0.29) is 25.0 Å². The number of aliphatic hydroxyl groups is 1. The summed E-state index contributed by atoms with van der Waals surface area (Å²) in [6, 6.07) is -1.76. The Kier molecular flexibility index (Phi) is 19.5. The van der Waals surface area contributed by atoms with Crippen LogP contribution in [0.1, 0.15) is 40.5 Å². The lowest BCUT2D eigenvalue weighted by Gasteiger charge is -2.26.